The van der Waals surface area contributed by atoms with Crippen molar-refractivity contribution in [2.24, 2.45) is 5.92 Å². The third-order valence-electron chi connectivity index (χ3n) is 4.63. The summed E-state index contributed by atoms with van der Waals surface area (Å²) in [6.07, 6.45) is -0.662. The molecule has 0 saturated heterocycles. The highest BCUT2D eigenvalue weighted by Crippen LogP contribution is 2.25. The largest absolute Gasteiger partial charge is 0.481 e. The number of carboxylic acids is 2. The molecule has 0 bridgehead atoms. The van der Waals surface area contributed by atoms with E-state index in [2.05, 4.69) is 10.6 Å². The molecule has 0 aliphatic rings. The van der Waals surface area contributed by atoms with Crippen molar-refractivity contribution in [2.45, 2.75) is 58.0 Å². The van der Waals surface area contributed by atoms with E-state index < -0.39 is 47.7 Å². The van der Waals surface area contributed by atoms with Crippen LogP contribution in [0.25, 0.3) is 0 Å². The first-order chi connectivity index (χ1) is 13.4. The number of nitrogens with one attached hydrogen (secondary N) is 2. The summed E-state index contributed by atoms with van der Waals surface area (Å²) in [5.41, 5.74) is -0.264. The van der Waals surface area contributed by atoms with Gasteiger partial charge in [0.15, 0.2) is 0 Å². The van der Waals surface area contributed by atoms with E-state index in [0.29, 0.717) is 10.6 Å². The zero-order valence-corrected chi connectivity index (χ0v) is 17.6. The molecule has 1 aromatic carbocycles. The summed E-state index contributed by atoms with van der Waals surface area (Å²) in [7, 11) is 0. The van der Waals surface area contributed by atoms with Gasteiger partial charge in [0.25, 0.3) is 0 Å². The number of hydrogen-bond acceptors (Lipinski definition) is 4. The summed E-state index contributed by atoms with van der Waals surface area (Å²) in [4.78, 5) is 47.5. The van der Waals surface area contributed by atoms with Crippen LogP contribution < -0.4 is 10.6 Å². The number of carbonyl (C=O) groups excluding carboxylic acids is 2. The number of aliphatic carboxylic acids is 2. The van der Waals surface area contributed by atoms with Crippen molar-refractivity contribution in [2.75, 3.05) is 0 Å². The minimum atomic E-state index is -1.36. The first kappa shape index (κ1) is 24.4. The molecule has 0 saturated carbocycles. The van der Waals surface area contributed by atoms with Crippen LogP contribution in [0.3, 0.4) is 0 Å². The van der Waals surface area contributed by atoms with Crippen molar-refractivity contribution in [1.29, 1.82) is 0 Å². The summed E-state index contributed by atoms with van der Waals surface area (Å²) < 4.78 is 0. The van der Waals surface area contributed by atoms with E-state index in [0.717, 1.165) is 0 Å². The molecule has 0 radical (unpaired) electrons. The second-order valence-corrected chi connectivity index (χ2v) is 8.10. The van der Waals surface area contributed by atoms with Gasteiger partial charge in [0.2, 0.25) is 11.8 Å². The number of carboxylic acid groups (broad SMARTS) is 2. The van der Waals surface area contributed by atoms with Crippen LogP contribution in [-0.4, -0.2) is 46.0 Å². The van der Waals surface area contributed by atoms with Crippen LogP contribution in [0, 0.1) is 5.92 Å². The fourth-order valence-electron chi connectivity index (χ4n) is 2.64. The molecule has 2 amide bonds. The molecule has 0 aromatic heterocycles. The van der Waals surface area contributed by atoms with Crippen LogP contribution in [0.1, 0.15) is 46.1 Å². The van der Waals surface area contributed by atoms with Gasteiger partial charge in [-0.3, -0.25) is 14.4 Å². The fraction of sp³-hybridized carbons (Fsp3) is 0.500. The number of benzene rings is 1. The third kappa shape index (κ3) is 7.05. The van der Waals surface area contributed by atoms with Crippen molar-refractivity contribution in [3.05, 3.63) is 34.9 Å². The van der Waals surface area contributed by atoms with Crippen molar-refractivity contribution in [1.82, 2.24) is 10.6 Å². The first-order valence-electron chi connectivity index (χ1n) is 9.18. The van der Waals surface area contributed by atoms with E-state index >= 15 is 0 Å². The van der Waals surface area contributed by atoms with E-state index in [-0.39, 0.29) is 12.3 Å². The molecule has 9 heteroatoms. The molecular weight excluding hydrogens is 400 g/mol. The molecule has 1 aromatic rings. The molecule has 0 heterocycles. The first-order valence-corrected chi connectivity index (χ1v) is 9.56. The van der Waals surface area contributed by atoms with Gasteiger partial charge < -0.3 is 20.8 Å². The Bertz CT molecular complexity index is 761. The van der Waals surface area contributed by atoms with Gasteiger partial charge in [-0.25, -0.2) is 4.79 Å². The molecule has 8 nitrogen and oxygen atoms in total. The Hall–Kier alpha value is -2.61. The lowest BCUT2D eigenvalue weighted by Crippen LogP contribution is -2.56. The van der Waals surface area contributed by atoms with E-state index in [1.807, 2.05) is 0 Å². The highest BCUT2D eigenvalue weighted by Gasteiger charge is 2.35. The smallest absolute Gasteiger partial charge is 0.326 e. The molecule has 0 unspecified atom stereocenters. The molecule has 0 spiro atoms. The van der Waals surface area contributed by atoms with Crippen LogP contribution >= 0.6 is 11.6 Å². The van der Waals surface area contributed by atoms with Crippen molar-refractivity contribution in [3.63, 3.8) is 0 Å². The van der Waals surface area contributed by atoms with Gasteiger partial charge in [-0.15, -0.1) is 0 Å². The van der Waals surface area contributed by atoms with Crippen molar-refractivity contribution < 1.29 is 29.4 Å². The zero-order chi connectivity index (χ0) is 22.4. The fourth-order valence-corrected chi connectivity index (χ4v) is 2.77. The van der Waals surface area contributed by atoms with Gasteiger partial charge in [0.05, 0.1) is 5.41 Å². The second-order valence-electron chi connectivity index (χ2n) is 7.66. The van der Waals surface area contributed by atoms with Gasteiger partial charge in [-0.05, 0) is 43.9 Å². The third-order valence-corrected chi connectivity index (χ3v) is 4.88. The maximum absolute atomic E-state index is 12.9. The highest BCUT2D eigenvalue weighted by atomic mass is 35.5. The Labute approximate surface area is 174 Å². The van der Waals surface area contributed by atoms with Crippen molar-refractivity contribution >= 4 is 35.4 Å². The Kier molecular flexibility index (Phi) is 8.63. The van der Waals surface area contributed by atoms with Gasteiger partial charge in [0.1, 0.15) is 12.1 Å². The quantitative estimate of drug-likeness (QED) is 0.453. The SMILES string of the molecule is CC(C)[C@H](NC(=O)C(C)(C)c1ccc(Cl)cc1)C(=O)N[C@H](CCC(=O)O)C(=O)O. The van der Waals surface area contributed by atoms with Crippen LogP contribution in [0.15, 0.2) is 24.3 Å². The molecule has 4 N–H and O–H groups in total. The predicted molar refractivity (Wildman–Crippen MR) is 108 cm³/mol. The number of carbonyl (C=O) groups is 4. The van der Waals surface area contributed by atoms with E-state index in [9.17, 15) is 24.3 Å². The average Bonchev–Trinajstić information content (AvgIpc) is 2.62. The van der Waals surface area contributed by atoms with E-state index in [1.165, 1.54) is 0 Å². The van der Waals surface area contributed by atoms with Gasteiger partial charge in [-0.1, -0.05) is 37.6 Å². The number of rotatable bonds is 10. The molecule has 1 rings (SSSR count). The van der Waals surface area contributed by atoms with Gasteiger partial charge >= 0.3 is 11.9 Å². The molecule has 0 aliphatic carbocycles. The Balaban J connectivity index is 2.94. The van der Waals surface area contributed by atoms with Crippen LogP contribution in [0.2, 0.25) is 5.02 Å². The lowest BCUT2D eigenvalue weighted by Gasteiger charge is -2.29. The van der Waals surface area contributed by atoms with E-state index in [4.69, 9.17) is 16.7 Å². The van der Waals surface area contributed by atoms with Crippen LogP contribution in [0.4, 0.5) is 0 Å². The van der Waals surface area contributed by atoms with E-state index in [1.54, 1.807) is 52.0 Å². The summed E-state index contributed by atoms with van der Waals surface area (Å²) in [6.45, 7) is 6.83. The van der Waals surface area contributed by atoms with Crippen LogP contribution in [-0.2, 0) is 24.6 Å². The maximum atomic E-state index is 12.9. The normalized spacial score (nSPS) is 13.4. The van der Waals surface area contributed by atoms with Gasteiger partial charge in [-0.2, -0.15) is 0 Å². The van der Waals surface area contributed by atoms with Crippen molar-refractivity contribution in [3.8, 4) is 0 Å². The monoisotopic (exact) mass is 426 g/mol. The number of halogens is 1. The minimum Gasteiger partial charge on any atom is -0.481 e. The lowest BCUT2D eigenvalue weighted by molar-refractivity contribution is -0.143. The molecule has 0 aliphatic heterocycles. The summed E-state index contributed by atoms with van der Waals surface area (Å²) in [5.74, 6) is -3.92. The summed E-state index contributed by atoms with van der Waals surface area (Å²) in [6, 6.07) is 4.43. The standard InChI is InChI=1S/C20H27ClN2O6/c1-11(2)16(17(26)22-14(18(27)28)9-10-15(24)25)23-19(29)20(3,4)12-5-7-13(21)8-6-12/h5-8,11,14,16H,9-10H2,1-4H3,(H,22,26)(H,23,29)(H,24,25)(H,27,28)/t14-,16+/m1/s1. The summed E-state index contributed by atoms with van der Waals surface area (Å²) in [5, 5.41) is 23.5. The Morgan fingerprint density at radius 3 is 2.03 bits per heavy atom. The molecule has 160 valence electrons. The molecule has 29 heavy (non-hydrogen) atoms. The van der Waals surface area contributed by atoms with Gasteiger partial charge in [0, 0.05) is 11.4 Å². The number of amides is 2. The Morgan fingerprint density at radius 1 is 1.03 bits per heavy atom. The van der Waals surface area contributed by atoms with Crippen LogP contribution in [0.5, 0.6) is 0 Å². The topological polar surface area (TPSA) is 133 Å². The lowest BCUT2D eigenvalue weighted by atomic mass is 9.83. The Morgan fingerprint density at radius 2 is 1.59 bits per heavy atom. The molecular formula is C20H27ClN2O6. The maximum Gasteiger partial charge on any atom is 0.326 e. The summed E-state index contributed by atoms with van der Waals surface area (Å²) >= 11 is 5.89. The number of hydrogen-bond donors (Lipinski definition) is 4. The zero-order valence-electron chi connectivity index (χ0n) is 16.9. The minimum absolute atomic E-state index is 0.258. The highest BCUT2D eigenvalue weighted by molar-refractivity contribution is 6.30. The average molecular weight is 427 g/mol. The molecule has 0 fully saturated rings. The predicted octanol–water partition coefficient (Wildman–Crippen LogP) is 2.19. The second kappa shape index (κ2) is 10.2. The molecule has 2 atom stereocenters.